The summed E-state index contributed by atoms with van der Waals surface area (Å²) in [5.41, 5.74) is 6.50. The van der Waals surface area contributed by atoms with Crippen molar-refractivity contribution in [3.05, 3.63) is 12.7 Å². The number of aliphatic carboxylic acids is 1. The summed E-state index contributed by atoms with van der Waals surface area (Å²) in [5.74, 6) is -1.58. The van der Waals surface area contributed by atoms with Crippen LogP contribution in [0.25, 0.3) is 11.2 Å². The summed E-state index contributed by atoms with van der Waals surface area (Å²) in [7, 11) is 0. The minimum absolute atomic E-state index is 0.0388. The fourth-order valence-corrected chi connectivity index (χ4v) is 2.19. The van der Waals surface area contributed by atoms with Crippen LogP contribution < -0.4 is 5.73 Å². The number of H-pyrrole nitrogens is 1. The number of hydrogen-bond donors (Lipinski definition) is 3. The van der Waals surface area contributed by atoms with Gasteiger partial charge in [0, 0.05) is 6.42 Å². The van der Waals surface area contributed by atoms with Crippen LogP contribution in [-0.4, -0.2) is 49.0 Å². The van der Waals surface area contributed by atoms with Crippen molar-refractivity contribution in [1.29, 1.82) is 0 Å². The lowest BCUT2D eigenvalue weighted by atomic mass is 10.2. The van der Waals surface area contributed by atoms with E-state index in [0.29, 0.717) is 16.2 Å². The Balaban J connectivity index is 1.78. The average molecular weight is 311 g/mol. The van der Waals surface area contributed by atoms with Crippen molar-refractivity contribution in [1.82, 2.24) is 19.9 Å². The number of ether oxygens (including phenoxy) is 1. The molecule has 0 aromatic carbocycles. The molecule has 0 aliphatic heterocycles. The molecule has 2 aromatic rings. The number of aromatic amines is 1. The first-order chi connectivity index (χ1) is 10.1. The number of esters is 1. The average Bonchev–Trinajstić information content (AvgIpc) is 2.94. The molecule has 1 atom stereocenters. The van der Waals surface area contributed by atoms with Gasteiger partial charge in [-0.1, -0.05) is 11.8 Å². The molecule has 2 heterocycles. The number of rotatable bonds is 7. The van der Waals surface area contributed by atoms with Gasteiger partial charge in [-0.15, -0.1) is 0 Å². The van der Waals surface area contributed by atoms with E-state index < -0.39 is 18.0 Å². The summed E-state index contributed by atoms with van der Waals surface area (Å²) >= 11 is 1.21. The van der Waals surface area contributed by atoms with E-state index in [2.05, 4.69) is 19.9 Å². The van der Waals surface area contributed by atoms with E-state index in [0.717, 1.165) is 0 Å². The molecule has 0 amide bonds. The molecular formula is C11H13N5O4S. The maximum atomic E-state index is 11.4. The molecule has 0 saturated carbocycles. The van der Waals surface area contributed by atoms with E-state index in [1.165, 1.54) is 24.4 Å². The first-order valence-electron chi connectivity index (χ1n) is 5.99. The lowest BCUT2D eigenvalue weighted by molar-refractivity contribution is -0.142. The second kappa shape index (κ2) is 6.99. The van der Waals surface area contributed by atoms with Gasteiger partial charge >= 0.3 is 11.9 Å². The highest BCUT2D eigenvalue weighted by atomic mass is 32.2. The molecule has 0 aliphatic rings. The summed E-state index contributed by atoms with van der Waals surface area (Å²) in [6.45, 7) is 0. The monoisotopic (exact) mass is 311 g/mol. The summed E-state index contributed by atoms with van der Waals surface area (Å²) in [4.78, 5) is 36.9. The van der Waals surface area contributed by atoms with Gasteiger partial charge in [-0.25, -0.2) is 15.0 Å². The molecule has 0 radical (unpaired) electrons. The number of nitrogens with one attached hydrogen (secondary N) is 1. The van der Waals surface area contributed by atoms with Crippen molar-refractivity contribution in [2.45, 2.75) is 23.9 Å². The summed E-state index contributed by atoms with van der Waals surface area (Å²) in [6, 6.07) is -1.06. The van der Waals surface area contributed by atoms with E-state index in [1.54, 1.807) is 0 Å². The number of nitrogens with two attached hydrogens (primary N) is 1. The third-order valence-corrected chi connectivity index (χ3v) is 3.40. The molecule has 0 aliphatic carbocycles. The van der Waals surface area contributed by atoms with Crippen LogP contribution in [0.4, 0.5) is 0 Å². The topological polar surface area (TPSA) is 144 Å². The van der Waals surface area contributed by atoms with Crippen molar-refractivity contribution in [2.24, 2.45) is 5.73 Å². The Hall–Kier alpha value is -2.20. The maximum Gasteiger partial charge on any atom is 0.320 e. The zero-order valence-electron chi connectivity index (χ0n) is 10.9. The third kappa shape index (κ3) is 4.13. The van der Waals surface area contributed by atoms with Crippen LogP contribution in [-0.2, 0) is 14.3 Å². The molecule has 2 aromatic heterocycles. The van der Waals surface area contributed by atoms with Crippen LogP contribution in [0.1, 0.15) is 12.8 Å². The van der Waals surface area contributed by atoms with E-state index in [4.69, 9.17) is 15.6 Å². The van der Waals surface area contributed by atoms with Crippen molar-refractivity contribution in [2.75, 3.05) is 5.94 Å². The Bertz CT molecular complexity index is 646. The van der Waals surface area contributed by atoms with Crippen molar-refractivity contribution < 1.29 is 19.4 Å². The van der Waals surface area contributed by atoms with Crippen molar-refractivity contribution in [3.8, 4) is 0 Å². The van der Waals surface area contributed by atoms with Gasteiger partial charge in [-0.3, -0.25) is 9.59 Å². The van der Waals surface area contributed by atoms with Crippen molar-refractivity contribution in [3.63, 3.8) is 0 Å². The third-order valence-electron chi connectivity index (χ3n) is 2.58. The van der Waals surface area contributed by atoms with Crippen LogP contribution in [0.3, 0.4) is 0 Å². The normalized spacial score (nSPS) is 12.2. The van der Waals surface area contributed by atoms with Crippen LogP contribution >= 0.6 is 11.8 Å². The van der Waals surface area contributed by atoms with E-state index >= 15 is 0 Å². The number of hydrogen-bond acceptors (Lipinski definition) is 8. The fourth-order valence-electron chi connectivity index (χ4n) is 1.47. The van der Waals surface area contributed by atoms with Crippen molar-refractivity contribution >= 4 is 34.9 Å². The summed E-state index contributed by atoms with van der Waals surface area (Å²) < 4.78 is 4.98. The number of carboxylic acid groups (broad SMARTS) is 1. The van der Waals surface area contributed by atoms with E-state index in [1.807, 2.05) is 0 Å². The molecule has 21 heavy (non-hydrogen) atoms. The number of carbonyl (C=O) groups is 2. The Morgan fingerprint density at radius 2 is 2.24 bits per heavy atom. The largest absolute Gasteiger partial charge is 0.480 e. The molecule has 9 nitrogen and oxygen atoms in total. The lowest BCUT2D eigenvalue weighted by Crippen LogP contribution is -2.30. The predicted molar refractivity (Wildman–Crippen MR) is 73.3 cm³/mol. The molecule has 10 heteroatoms. The molecule has 0 fully saturated rings. The highest BCUT2D eigenvalue weighted by Crippen LogP contribution is 2.21. The van der Waals surface area contributed by atoms with Gasteiger partial charge in [0.05, 0.1) is 6.33 Å². The van der Waals surface area contributed by atoms with Gasteiger partial charge in [0.2, 0.25) is 0 Å². The quantitative estimate of drug-likeness (QED) is 0.281. The highest BCUT2D eigenvalue weighted by Gasteiger charge is 2.14. The van der Waals surface area contributed by atoms with Gasteiger partial charge in [-0.2, -0.15) is 0 Å². The molecule has 0 spiro atoms. The van der Waals surface area contributed by atoms with Gasteiger partial charge in [-0.05, 0) is 6.42 Å². The second-order valence-corrected chi connectivity index (χ2v) is 4.95. The Morgan fingerprint density at radius 3 is 3.00 bits per heavy atom. The van der Waals surface area contributed by atoms with Gasteiger partial charge in [0.1, 0.15) is 28.9 Å². The molecular weight excluding hydrogens is 298 g/mol. The van der Waals surface area contributed by atoms with Crippen LogP contribution in [0, 0.1) is 0 Å². The predicted octanol–water partition coefficient (Wildman–Crippen LogP) is 0.138. The number of nitrogens with zero attached hydrogens (tertiary/aromatic N) is 3. The zero-order chi connectivity index (χ0) is 15.2. The molecule has 4 N–H and O–H groups in total. The molecule has 2 rings (SSSR count). The summed E-state index contributed by atoms with van der Waals surface area (Å²) in [5, 5.41) is 9.21. The summed E-state index contributed by atoms with van der Waals surface area (Å²) in [6.07, 6.45) is 2.87. The van der Waals surface area contributed by atoms with Gasteiger partial charge in [0.25, 0.3) is 0 Å². The minimum Gasteiger partial charge on any atom is -0.480 e. The van der Waals surface area contributed by atoms with Gasteiger partial charge in [0.15, 0.2) is 5.65 Å². The standard InChI is InChI=1S/C11H13N5O4S/c12-6(11(18)19)1-2-7(17)20-5-21-10-8-9(14-3-13-8)15-4-16-10/h3-4,6H,1-2,5,12H2,(H,18,19)(H,13,14,15,16)/t6-/m0/s1. The smallest absolute Gasteiger partial charge is 0.320 e. The number of aromatic nitrogens is 4. The van der Waals surface area contributed by atoms with E-state index in [9.17, 15) is 9.59 Å². The molecule has 0 saturated heterocycles. The lowest BCUT2D eigenvalue weighted by Gasteiger charge is -2.06. The van der Waals surface area contributed by atoms with Gasteiger partial charge < -0.3 is 20.6 Å². The molecule has 112 valence electrons. The minimum atomic E-state index is -1.14. The first-order valence-corrected chi connectivity index (χ1v) is 6.97. The number of fused-ring (bicyclic) bond motifs is 1. The second-order valence-electron chi connectivity index (χ2n) is 4.04. The molecule has 0 bridgehead atoms. The molecule has 0 unspecified atom stereocenters. The highest BCUT2D eigenvalue weighted by molar-refractivity contribution is 7.99. The fraction of sp³-hybridized carbons (Fsp3) is 0.364. The maximum absolute atomic E-state index is 11.4. The number of carbonyl (C=O) groups excluding carboxylic acids is 1. The Labute approximate surface area is 123 Å². The first kappa shape index (κ1) is 15.2. The van der Waals surface area contributed by atoms with E-state index in [-0.39, 0.29) is 18.8 Å². The Morgan fingerprint density at radius 1 is 1.43 bits per heavy atom. The van der Waals surface area contributed by atoms with Crippen LogP contribution in [0.5, 0.6) is 0 Å². The SMILES string of the molecule is N[C@@H](CCC(=O)OCSc1ncnc2nc[nH]c12)C(=O)O. The number of thioether (sulfide) groups is 1. The van der Waals surface area contributed by atoms with Crippen LogP contribution in [0.2, 0.25) is 0 Å². The number of carboxylic acids is 1. The number of imidazole rings is 1. The zero-order valence-corrected chi connectivity index (χ0v) is 11.7. The van der Waals surface area contributed by atoms with Crippen LogP contribution in [0.15, 0.2) is 17.7 Å². The Kier molecular flexibility index (Phi) is 5.06.